The number of rotatable bonds is 9. The molecule has 0 saturated carbocycles. The van der Waals surface area contributed by atoms with Crippen LogP contribution in [0.3, 0.4) is 0 Å². The van der Waals surface area contributed by atoms with E-state index in [2.05, 4.69) is 14.9 Å². The van der Waals surface area contributed by atoms with Crippen molar-refractivity contribution in [2.75, 3.05) is 19.6 Å². The van der Waals surface area contributed by atoms with E-state index in [9.17, 15) is 35.9 Å². The summed E-state index contributed by atoms with van der Waals surface area (Å²) in [6.07, 6.45) is -9.08. The van der Waals surface area contributed by atoms with Crippen molar-refractivity contribution < 1.29 is 45.4 Å². The molecule has 0 N–H and O–H groups in total. The second kappa shape index (κ2) is 12.4. The number of hydrogen-bond acceptors (Lipinski definition) is 8. The Labute approximate surface area is 241 Å². The van der Waals surface area contributed by atoms with Crippen molar-refractivity contribution in [1.82, 2.24) is 15.1 Å². The lowest BCUT2D eigenvalue weighted by Gasteiger charge is -2.37. The minimum atomic E-state index is -5.23. The van der Waals surface area contributed by atoms with Crippen LogP contribution in [0.25, 0.3) is 21.1 Å². The van der Waals surface area contributed by atoms with Gasteiger partial charge in [0.1, 0.15) is 15.8 Å². The summed E-state index contributed by atoms with van der Waals surface area (Å²) in [7, 11) is 0. The number of carbonyl (C=O) groups is 2. The maximum atomic E-state index is 13.7. The number of likely N-dealkylation sites (tertiary alicyclic amines) is 1. The van der Waals surface area contributed by atoms with Crippen molar-refractivity contribution in [1.29, 1.82) is 0 Å². The first-order valence-electron chi connectivity index (χ1n) is 13.1. The Kier molecular flexibility index (Phi) is 9.26. The normalized spacial score (nSPS) is 14.6. The molecule has 0 unspecified atom stereocenters. The van der Waals surface area contributed by atoms with E-state index in [0.717, 1.165) is 22.8 Å². The lowest BCUT2D eigenvalue weighted by Crippen LogP contribution is -2.52. The molecule has 4 rings (SSSR count). The zero-order valence-corrected chi connectivity index (χ0v) is 23.6. The lowest BCUT2D eigenvalue weighted by atomic mass is 9.95. The largest absolute Gasteiger partial charge is 0.491 e. The fourth-order valence-corrected chi connectivity index (χ4v) is 5.48. The second-order valence-corrected chi connectivity index (χ2v) is 11.0. The third kappa shape index (κ3) is 7.27. The molecule has 7 nitrogen and oxygen atoms in total. The molecule has 0 atom stereocenters. The molecule has 0 aliphatic carbocycles. The van der Waals surface area contributed by atoms with Crippen LogP contribution in [0.4, 0.5) is 26.3 Å². The van der Waals surface area contributed by atoms with Gasteiger partial charge in [-0.3, -0.25) is 4.79 Å². The van der Waals surface area contributed by atoms with E-state index in [0.29, 0.717) is 29.4 Å². The molecule has 1 aliphatic heterocycles. The minimum absolute atomic E-state index is 0.172. The molecule has 1 saturated heterocycles. The highest BCUT2D eigenvalue weighted by Crippen LogP contribution is 2.41. The predicted octanol–water partition coefficient (Wildman–Crippen LogP) is 6.35. The van der Waals surface area contributed by atoms with E-state index >= 15 is 0 Å². The summed E-state index contributed by atoms with van der Waals surface area (Å²) < 4.78 is 87.4. The molecule has 1 aliphatic rings. The van der Waals surface area contributed by atoms with Gasteiger partial charge in [0.25, 0.3) is 0 Å². The predicted molar refractivity (Wildman–Crippen MR) is 142 cm³/mol. The topological polar surface area (TPSA) is 81.6 Å². The average Bonchev–Trinajstić information content (AvgIpc) is 3.36. The number of nitrogens with zero attached hydrogens (tertiary/aromatic N) is 3. The Morgan fingerprint density at radius 3 is 2.36 bits per heavy atom. The number of halogens is 6. The van der Waals surface area contributed by atoms with Crippen molar-refractivity contribution in [2.24, 2.45) is 5.92 Å². The molecule has 3 aromatic rings. The van der Waals surface area contributed by atoms with Gasteiger partial charge in [0.2, 0.25) is 0 Å². The van der Waals surface area contributed by atoms with E-state index in [1.165, 1.54) is 23.5 Å². The van der Waals surface area contributed by atoms with Gasteiger partial charge >= 0.3 is 24.3 Å². The molecule has 42 heavy (non-hydrogen) atoms. The van der Waals surface area contributed by atoms with Crippen LogP contribution in [0.15, 0.2) is 36.4 Å². The van der Waals surface area contributed by atoms with Crippen molar-refractivity contribution in [2.45, 2.75) is 52.1 Å². The molecular formula is C28H27F6N3O4S. The van der Waals surface area contributed by atoms with Crippen LogP contribution in [-0.4, -0.2) is 59.0 Å². The fraction of sp³-hybridized carbons (Fsp3) is 0.429. The van der Waals surface area contributed by atoms with Gasteiger partial charge in [-0.05, 0) is 56.0 Å². The molecule has 0 amide bonds. The van der Waals surface area contributed by atoms with Crippen LogP contribution in [-0.2, 0) is 33.3 Å². The van der Waals surface area contributed by atoms with Gasteiger partial charge < -0.3 is 14.4 Å². The monoisotopic (exact) mass is 615 g/mol. The summed E-state index contributed by atoms with van der Waals surface area (Å²) in [6, 6.07) is 9.44. The summed E-state index contributed by atoms with van der Waals surface area (Å²) in [4.78, 5) is 24.5. The maximum Gasteiger partial charge on any atom is 0.491 e. The Hall–Kier alpha value is -3.52. The number of carbonyl (C=O) groups excluding carboxylic acids is 2. The summed E-state index contributed by atoms with van der Waals surface area (Å²) in [5.41, 5.74) is 2.13. The van der Waals surface area contributed by atoms with Crippen LogP contribution in [0.5, 0.6) is 5.75 Å². The van der Waals surface area contributed by atoms with Crippen LogP contribution >= 0.6 is 11.3 Å². The van der Waals surface area contributed by atoms with E-state index in [-0.39, 0.29) is 24.4 Å². The molecule has 0 spiro atoms. The van der Waals surface area contributed by atoms with E-state index in [1.807, 2.05) is 30.0 Å². The van der Waals surface area contributed by atoms with Gasteiger partial charge in [-0.25, -0.2) is 4.79 Å². The molecule has 0 bridgehead atoms. The van der Waals surface area contributed by atoms with Crippen molar-refractivity contribution in [3.63, 3.8) is 0 Å². The number of aromatic nitrogens is 2. The van der Waals surface area contributed by atoms with Crippen molar-refractivity contribution in [3.8, 4) is 26.9 Å². The van der Waals surface area contributed by atoms with Gasteiger partial charge in [-0.1, -0.05) is 36.5 Å². The quantitative estimate of drug-likeness (QED) is 0.158. The Morgan fingerprint density at radius 1 is 1.05 bits per heavy atom. The molecule has 0 radical (unpaired) electrons. The third-order valence-corrected chi connectivity index (χ3v) is 7.59. The number of alkyl halides is 6. The molecule has 1 aromatic heterocycles. The smallest absolute Gasteiger partial charge is 0.490 e. The van der Waals surface area contributed by atoms with Gasteiger partial charge in [0.05, 0.1) is 17.6 Å². The van der Waals surface area contributed by atoms with Crippen molar-refractivity contribution in [3.05, 3.63) is 53.1 Å². The minimum Gasteiger partial charge on any atom is -0.490 e. The first-order valence-corrected chi connectivity index (χ1v) is 13.9. The van der Waals surface area contributed by atoms with Crippen LogP contribution < -0.4 is 4.74 Å². The fourth-order valence-electron chi connectivity index (χ4n) is 4.59. The highest BCUT2D eigenvalue weighted by molar-refractivity contribution is 7.17. The first kappa shape index (κ1) is 31.4. The first-order chi connectivity index (χ1) is 19.7. The van der Waals surface area contributed by atoms with Gasteiger partial charge in [-0.2, -0.15) is 26.3 Å². The number of esters is 2. The number of ether oxygens (including phenoxy) is 2. The third-order valence-electron chi connectivity index (χ3n) is 6.59. The number of hydrogen-bond donors (Lipinski definition) is 0. The van der Waals surface area contributed by atoms with Gasteiger partial charge in [0, 0.05) is 30.8 Å². The summed E-state index contributed by atoms with van der Waals surface area (Å²) in [6.45, 7) is 6.11. The van der Waals surface area contributed by atoms with Crippen LogP contribution in [0.2, 0.25) is 0 Å². The zero-order chi connectivity index (χ0) is 30.8. The Bertz CT molecular complexity index is 1450. The van der Waals surface area contributed by atoms with Crippen LogP contribution in [0.1, 0.15) is 37.5 Å². The second-order valence-electron chi connectivity index (χ2n) is 10.00. The summed E-state index contributed by atoms with van der Waals surface area (Å²) >= 11 is 1.17. The maximum absolute atomic E-state index is 13.7. The highest BCUT2D eigenvalue weighted by atomic mass is 32.1. The Balaban J connectivity index is 1.45. The molecule has 1 fully saturated rings. The Morgan fingerprint density at radius 2 is 1.74 bits per heavy atom. The SMILES string of the molecule is CCc1c(CCN2CC(C(=O)OC(=O)C(F)(F)F)C2)cccc1-c1nnc(-c2ccc(OC(C)C)c(C(F)(F)F)c2)s1. The van der Waals surface area contributed by atoms with E-state index in [4.69, 9.17) is 4.74 Å². The summed E-state index contributed by atoms with van der Waals surface area (Å²) in [5, 5.41) is 9.27. The van der Waals surface area contributed by atoms with Gasteiger partial charge in [-0.15, -0.1) is 10.2 Å². The molecule has 226 valence electrons. The molecule has 2 aromatic carbocycles. The van der Waals surface area contributed by atoms with E-state index in [1.54, 1.807) is 13.8 Å². The molecular weight excluding hydrogens is 588 g/mol. The molecule has 2 heterocycles. The average molecular weight is 616 g/mol. The number of benzene rings is 2. The highest BCUT2D eigenvalue weighted by Gasteiger charge is 2.45. The van der Waals surface area contributed by atoms with Crippen LogP contribution in [0, 0.1) is 5.92 Å². The lowest BCUT2D eigenvalue weighted by molar-refractivity contribution is -0.204. The van der Waals surface area contributed by atoms with E-state index < -0.39 is 41.9 Å². The molecule has 14 heteroatoms. The van der Waals surface area contributed by atoms with Gasteiger partial charge in [0.15, 0.2) is 0 Å². The van der Waals surface area contributed by atoms with Crippen molar-refractivity contribution >= 4 is 23.3 Å². The standard InChI is InChI=1S/C28H27F6N3O4S/c1-4-19-16(10-11-37-13-18(14-37)25(38)41-26(39)28(32,33)34)6-5-7-20(19)24-36-35-23(42-24)17-8-9-22(40-15(2)3)21(12-17)27(29,30)31/h5-9,12,15,18H,4,10-11,13-14H2,1-3H3. The zero-order valence-electron chi connectivity index (χ0n) is 22.8. The summed E-state index contributed by atoms with van der Waals surface area (Å²) in [5.74, 6) is -4.78.